The molecule has 4 atom stereocenters. The zero-order chi connectivity index (χ0) is 14.5. The summed E-state index contributed by atoms with van der Waals surface area (Å²) in [5, 5.41) is 3.56. The molecule has 1 heterocycles. The Morgan fingerprint density at radius 2 is 1.90 bits per heavy atom. The van der Waals surface area contributed by atoms with Crippen molar-refractivity contribution in [1.29, 1.82) is 0 Å². The molecule has 1 aromatic carbocycles. The number of nitrogens with one attached hydrogen (secondary N) is 1. The normalized spacial score (nSPS) is 27.2. The molecule has 2 nitrogen and oxygen atoms in total. The maximum atomic E-state index is 3.56. The number of likely N-dealkylation sites (N-methyl/N-ethyl adjacent to an activating group) is 1. The zero-order valence-electron chi connectivity index (χ0n) is 13.5. The smallest absolute Gasteiger partial charge is 0.0475 e. The highest BCUT2D eigenvalue weighted by molar-refractivity contribution is 5.20. The third-order valence-electron chi connectivity index (χ3n) is 4.86. The Morgan fingerprint density at radius 3 is 2.50 bits per heavy atom. The van der Waals surface area contributed by atoms with Gasteiger partial charge in [-0.05, 0) is 44.7 Å². The summed E-state index contributed by atoms with van der Waals surface area (Å²) >= 11 is 0. The zero-order valence-corrected chi connectivity index (χ0v) is 13.5. The van der Waals surface area contributed by atoms with E-state index in [0.717, 1.165) is 5.92 Å². The first-order chi connectivity index (χ1) is 9.67. The fraction of sp³-hybridized carbons (Fsp3) is 0.667. The molecule has 1 aliphatic heterocycles. The molecule has 1 N–H and O–H groups in total. The minimum atomic E-state index is 0.425. The quantitative estimate of drug-likeness (QED) is 0.877. The van der Waals surface area contributed by atoms with Crippen molar-refractivity contribution in [2.24, 2.45) is 5.92 Å². The Bertz CT molecular complexity index is 390. The summed E-state index contributed by atoms with van der Waals surface area (Å²) in [6.07, 6.45) is 3.91. The molecule has 20 heavy (non-hydrogen) atoms. The molecule has 0 aliphatic carbocycles. The number of likely N-dealkylation sites (tertiary alicyclic amines) is 1. The van der Waals surface area contributed by atoms with Crippen molar-refractivity contribution >= 4 is 0 Å². The highest BCUT2D eigenvalue weighted by Crippen LogP contribution is 2.30. The second kappa shape index (κ2) is 7.24. The first kappa shape index (κ1) is 15.5. The molecule has 0 aromatic heterocycles. The van der Waals surface area contributed by atoms with Gasteiger partial charge in [0.2, 0.25) is 0 Å². The standard InChI is InChI=1S/C18H30N2/c1-5-17(20-13-14(2)11-12-15(20)3)18(19-4)16-9-7-6-8-10-16/h6-10,14-15,17-19H,5,11-13H2,1-4H3. The predicted octanol–water partition coefficient (Wildman–Crippen LogP) is 3.85. The third-order valence-corrected chi connectivity index (χ3v) is 4.86. The second-order valence-electron chi connectivity index (χ2n) is 6.38. The Labute approximate surface area is 124 Å². The number of rotatable bonds is 5. The molecule has 0 saturated carbocycles. The molecule has 1 fully saturated rings. The average Bonchev–Trinajstić information content (AvgIpc) is 2.48. The summed E-state index contributed by atoms with van der Waals surface area (Å²) in [6.45, 7) is 8.35. The van der Waals surface area contributed by atoms with Crippen LogP contribution in [0.4, 0.5) is 0 Å². The molecule has 0 amide bonds. The Balaban J connectivity index is 2.20. The van der Waals surface area contributed by atoms with Gasteiger partial charge in [0, 0.05) is 24.7 Å². The summed E-state index contributed by atoms with van der Waals surface area (Å²) in [6, 6.07) is 12.6. The first-order valence-electron chi connectivity index (χ1n) is 8.15. The van der Waals surface area contributed by atoms with Crippen LogP contribution in [0.2, 0.25) is 0 Å². The van der Waals surface area contributed by atoms with Crippen molar-refractivity contribution in [3.63, 3.8) is 0 Å². The Kier molecular flexibility index (Phi) is 5.62. The molecule has 0 radical (unpaired) electrons. The number of nitrogens with zero attached hydrogens (tertiary/aromatic N) is 1. The van der Waals surface area contributed by atoms with Crippen LogP contribution in [0.3, 0.4) is 0 Å². The first-order valence-corrected chi connectivity index (χ1v) is 8.15. The molecule has 0 bridgehead atoms. The van der Waals surface area contributed by atoms with Crippen LogP contribution in [0.1, 0.15) is 51.6 Å². The van der Waals surface area contributed by atoms with Crippen LogP contribution < -0.4 is 5.32 Å². The van der Waals surface area contributed by atoms with Gasteiger partial charge in [-0.2, -0.15) is 0 Å². The number of hydrogen-bond donors (Lipinski definition) is 1. The summed E-state index contributed by atoms with van der Waals surface area (Å²) in [4.78, 5) is 2.74. The molecule has 1 aliphatic rings. The molecular weight excluding hydrogens is 244 g/mol. The van der Waals surface area contributed by atoms with Gasteiger partial charge in [0.05, 0.1) is 0 Å². The minimum absolute atomic E-state index is 0.425. The van der Waals surface area contributed by atoms with Gasteiger partial charge in [-0.3, -0.25) is 4.90 Å². The third kappa shape index (κ3) is 3.42. The summed E-state index contributed by atoms with van der Waals surface area (Å²) in [5.41, 5.74) is 1.41. The molecule has 0 spiro atoms. The van der Waals surface area contributed by atoms with Gasteiger partial charge >= 0.3 is 0 Å². The van der Waals surface area contributed by atoms with Crippen molar-refractivity contribution in [2.45, 2.75) is 58.2 Å². The lowest BCUT2D eigenvalue weighted by molar-refractivity contribution is 0.0558. The van der Waals surface area contributed by atoms with E-state index in [1.54, 1.807) is 0 Å². The van der Waals surface area contributed by atoms with Gasteiger partial charge in [-0.15, -0.1) is 0 Å². The second-order valence-corrected chi connectivity index (χ2v) is 6.38. The molecule has 2 rings (SSSR count). The molecule has 2 heteroatoms. The van der Waals surface area contributed by atoms with Crippen LogP contribution in [0, 0.1) is 5.92 Å². The lowest BCUT2D eigenvalue weighted by Crippen LogP contribution is -2.51. The van der Waals surface area contributed by atoms with E-state index in [4.69, 9.17) is 0 Å². The Morgan fingerprint density at radius 1 is 1.20 bits per heavy atom. The largest absolute Gasteiger partial charge is 0.312 e. The summed E-state index contributed by atoms with van der Waals surface area (Å²) in [5.74, 6) is 0.827. The summed E-state index contributed by atoms with van der Waals surface area (Å²) < 4.78 is 0. The molecular formula is C18H30N2. The predicted molar refractivity (Wildman–Crippen MR) is 86.9 cm³/mol. The Hall–Kier alpha value is -0.860. The molecule has 112 valence electrons. The van der Waals surface area contributed by atoms with Crippen molar-refractivity contribution in [3.05, 3.63) is 35.9 Å². The van der Waals surface area contributed by atoms with Crippen LogP contribution in [0.15, 0.2) is 30.3 Å². The van der Waals surface area contributed by atoms with Gasteiger partial charge < -0.3 is 5.32 Å². The van der Waals surface area contributed by atoms with Gasteiger partial charge in [-0.25, -0.2) is 0 Å². The summed E-state index contributed by atoms with van der Waals surface area (Å²) in [7, 11) is 2.10. The van der Waals surface area contributed by atoms with Crippen LogP contribution in [0.25, 0.3) is 0 Å². The molecule has 1 saturated heterocycles. The van der Waals surface area contributed by atoms with E-state index >= 15 is 0 Å². The SMILES string of the molecule is CCC(C(NC)c1ccccc1)N1CC(C)CCC1C. The molecule has 4 unspecified atom stereocenters. The number of hydrogen-bond acceptors (Lipinski definition) is 2. The van der Waals surface area contributed by atoms with Gasteiger partial charge in [0.1, 0.15) is 0 Å². The monoisotopic (exact) mass is 274 g/mol. The van der Waals surface area contributed by atoms with Crippen LogP contribution in [-0.2, 0) is 0 Å². The van der Waals surface area contributed by atoms with Crippen LogP contribution in [0.5, 0.6) is 0 Å². The van der Waals surface area contributed by atoms with E-state index in [-0.39, 0.29) is 0 Å². The maximum absolute atomic E-state index is 3.56. The van der Waals surface area contributed by atoms with Gasteiger partial charge in [0.15, 0.2) is 0 Å². The van der Waals surface area contributed by atoms with Crippen molar-refractivity contribution in [3.8, 4) is 0 Å². The van der Waals surface area contributed by atoms with E-state index in [1.807, 2.05) is 0 Å². The highest BCUT2D eigenvalue weighted by atomic mass is 15.2. The lowest BCUT2D eigenvalue weighted by atomic mass is 9.89. The van der Waals surface area contributed by atoms with Gasteiger partial charge in [-0.1, -0.05) is 44.2 Å². The minimum Gasteiger partial charge on any atom is -0.312 e. The fourth-order valence-electron chi connectivity index (χ4n) is 3.69. The van der Waals surface area contributed by atoms with Crippen molar-refractivity contribution < 1.29 is 0 Å². The highest BCUT2D eigenvalue weighted by Gasteiger charge is 2.32. The van der Waals surface area contributed by atoms with Gasteiger partial charge in [0.25, 0.3) is 0 Å². The van der Waals surface area contributed by atoms with Crippen LogP contribution in [-0.4, -0.2) is 30.6 Å². The van der Waals surface area contributed by atoms with E-state index in [1.165, 1.54) is 31.4 Å². The fourth-order valence-corrected chi connectivity index (χ4v) is 3.69. The van der Waals surface area contributed by atoms with Crippen LogP contribution >= 0.6 is 0 Å². The topological polar surface area (TPSA) is 15.3 Å². The van der Waals surface area contributed by atoms with E-state index in [9.17, 15) is 0 Å². The van der Waals surface area contributed by atoms with E-state index < -0.39 is 0 Å². The van der Waals surface area contributed by atoms with E-state index in [2.05, 4.69) is 68.4 Å². The molecule has 1 aromatic rings. The van der Waals surface area contributed by atoms with E-state index in [0.29, 0.717) is 18.1 Å². The average molecular weight is 274 g/mol. The van der Waals surface area contributed by atoms with Crippen molar-refractivity contribution in [1.82, 2.24) is 10.2 Å². The maximum Gasteiger partial charge on any atom is 0.0475 e. The number of benzene rings is 1. The number of piperidine rings is 1. The lowest BCUT2D eigenvalue weighted by Gasteiger charge is -2.45. The van der Waals surface area contributed by atoms with Crippen molar-refractivity contribution in [2.75, 3.05) is 13.6 Å².